The maximum atomic E-state index is 11.8. The molecule has 0 spiro atoms. The molecule has 1 N–H and O–H groups in total. The van der Waals surface area contributed by atoms with Crippen molar-refractivity contribution in [2.45, 2.75) is 12.5 Å². The van der Waals surface area contributed by atoms with Crippen molar-refractivity contribution in [1.82, 2.24) is 0 Å². The van der Waals surface area contributed by atoms with Crippen molar-refractivity contribution in [3.8, 4) is 5.75 Å². The molecule has 2 rings (SSSR count). The highest BCUT2D eigenvalue weighted by Crippen LogP contribution is 2.30. The summed E-state index contributed by atoms with van der Waals surface area (Å²) in [5.41, 5.74) is 0.691. The minimum Gasteiger partial charge on any atom is -0.495 e. The number of rotatable bonds is 3. The van der Waals surface area contributed by atoms with Gasteiger partial charge in [0.05, 0.1) is 19.4 Å². The summed E-state index contributed by atoms with van der Waals surface area (Å²) in [5, 5.41) is 8.95. The number of para-hydroxylation sites is 2. The first-order valence-electron chi connectivity index (χ1n) is 5.48. The summed E-state index contributed by atoms with van der Waals surface area (Å²) in [4.78, 5) is 13.3. The number of hydrogen-bond acceptors (Lipinski definition) is 4. The Balaban J connectivity index is 2.20. The van der Waals surface area contributed by atoms with Crippen LogP contribution in [0.5, 0.6) is 5.75 Å². The van der Waals surface area contributed by atoms with Crippen LogP contribution >= 0.6 is 0 Å². The fourth-order valence-corrected chi connectivity index (χ4v) is 1.83. The van der Waals surface area contributed by atoms with Crippen LogP contribution in [0.1, 0.15) is 6.42 Å². The van der Waals surface area contributed by atoms with E-state index in [9.17, 15) is 4.79 Å². The van der Waals surface area contributed by atoms with E-state index in [4.69, 9.17) is 14.6 Å². The molecule has 1 aromatic carbocycles. The van der Waals surface area contributed by atoms with Gasteiger partial charge in [-0.15, -0.1) is 0 Å². The van der Waals surface area contributed by atoms with Crippen molar-refractivity contribution in [2.75, 3.05) is 25.2 Å². The smallest absolute Gasteiger partial charge is 0.414 e. The zero-order valence-electron chi connectivity index (χ0n) is 9.63. The van der Waals surface area contributed by atoms with E-state index >= 15 is 0 Å². The van der Waals surface area contributed by atoms with E-state index in [0.717, 1.165) is 0 Å². The third kappa shape index (κ3) is 2.34. The largest absolute Gasteiger partial charge is 0.495 e. The quantitative estimate of drug-likeness (QED) is 0.863. The van der Waals surface area contributed by atoms with Gasteiger partial charge in [-0.1, -0.05) is 12.1 Å². The molecule has 1 unspecified atom stereocenters. The molecule has 0 saturated carbocycles. The Hall–Kier alpha value is -1.75. The summed E-state index contributed by atoms with van der Waals surface area (Å²) in [5.74, 6) is 0.631. The molecule has 0 aromatic heterocycles. The molecule has 1 amide bonds. The van der Waals surface area contributed by atoms with Gasteiger partial charge in [-0.2, -0.15) is 0 Å². The normalized spacial score (nSPS) is 20.0. The fraction of sp³-hybridized carbons (Fsp3) is 0.417. The van der Waals surface area contributed by atoms with Crippen molar-refractivity contribution < 1.29 is 19.4 Å². The van der Waals surface area contributed by atoms with Crippen LogP contribution in [0, 0.1) is 0 Å². The molecule has 1 heterocycles. The van der Waals surface area contributed by atoms with Gasteiger partial charge in [0.1, 0.15) is 11.9 Å². The Morgan fingerprint density at radius 3 is 2.94 bits per heavy atom. The second kappa shape index (κ2) is 5.05. The summed E-state index contributed by atoms with van der Waals surface area (Å²) in [6, 6.07) is 7.28. The summed E-state index contributed by atoms with van der Waals surface area (Å²) >= 11 is 0. The first-order valence-corrected chi connectivity index (χ1v) is 5.48. The Morgan fingerprint density at radius 1 is 1.53 bits per heavy atom. The topological polar surface area (TPSA) is 59.0 Å². The molecule has 5 heteroatoms. The number of ether oxygens (including phenoxy) is 2. The van der Waals surface area contributed by atoms with Crippen LogP contribution in [-0.4, -0.2) is 37.6 Å². The van der Waals surface area contributed by atoms with Gasteiger partial charge in [-0.25, -0.2) is 4.79 Å². The highest BCUT2D eigenvalue weighted by atomic mass is 16.6. The number of anilines is 1. The second-order valence-corrected chi connectivity index (χ2v) is 3.80. The van der Waals surface area contributed by atoms with Crippen LogP contribution in [-0.2, 0) is 4.74 Å². The predicted octanol–water partition coefficient (Wildman–Crippen LogP) is 1.40. The number of cyclic esters (lactones) is 1. The Labute approximate surface area is 99.6 Å². The number of aliphatic hydroxyl groups excluding tert-OH is 1. The molecule has 0 radical (unpaired) electrons. The first-order chi connectivity index (χ1) is 8.26. The molecule has 0 aliphatic carbocycles. The van der Waals surface area contributed by atoms with Gasteiger partial charge in [-0.05, 0) is 12.1 Å². The molecule has 1 atom stereocenters. The zero-order chi connectivity index (χ0) is 12.3. The molecule has 1 saturated heterocycles. The Bertz CT molecular complexity index is 407. The van der Waals surface area contributed by atoms with Gasteiger partial charge < -0.3 is 14.6 Å². The van der Waals surface area contributed by atoms with Crippen molar-refractivity contribution >= 4 is 11.8 Å². The van der Waals surface area contributed by atoms with E-state index in [2.05, 4.69) is 0 Å². The molecular formula is C12H15NO4. The van der Waals surface area contributed by atoms with Gasteiger partial charge in [0.15, 0.2) is 0 Å². The minimum absolute atomic E-state index is 0.133. The lowest BCUT2D eigenvalue weighted by Crippen LogP contribution is -2.43. The summed E-state index contributed by atoms with van der Waals surface area (Å²) < 4.78 is 10.3. The number of carbonyl (C=O) groups is 1. The third-order valence-corrected chi connectivity index (χ3v) is 2.74. The van der Waals surface area contributed by atoms with Crippen molar-refractivity contribution in [2.24, 2.45) is 0 Å². The lowest BCUT2D eigenvalue weighted by atomic mass is 10.2. The average molecular weight is 237 g/mol. The van der Waals surface area contributed by atoms with E-state index in [1.54, 1.807) is 19.2 Å². The van der Waals surface area contributed by atoms with E-state index in [1.807, 2.05) is 12.1 Å². The molecule has 17 heavy (non-hydrogen) atoms. The molecular weight excluding hydrogens is 222 g/mol. The van der Waals surface area contributed by atoms with Gasteiger partial charge in [-0.3, -0.25) is 4.90 Å². The number of hydrogen-bond donors (Lipinski definition) is 1. The molecule has 92 valence electrons. The van der Waals surface area contributed by atoms with Gasteiger partial charge in [0, 0.05) is 13.0 Å². The van der Waals surface area contributed by atoms with Crippen LogP contribution in [0.15, 0.2) is 24.3 Å². The lowest BCUT2D eigenvalue weighted by Gasteiger charge is -2.31. The number of carbonyl (C=O) groups excluding carboxylic acids is 1. The summed E-state index contributed by atoms with van der Waals surface area (Å²) in [6.45, 7) is 0.385. The lowest BCUT2D eigenvalue weighted by molar-refractivity contribution is 0.0452. The SMILES string of the molecule is COc1ccccc1N1CCC(CO)OC1=O. The number of amides is 1. The van der Waals surface area contributed by atoms with Crippen LogP contribution in [0.4, 0.5) is 10.5 Å². The van der Waals surface area contributed by atoms with Crippen LogP contribution < -0.4 is 9.64 Å². The second-order valence-electron chi connectivity index (χ2n) is 3.80. The molecule has 5 nitrogen and oxygen atoms in total. The third-order valence-electron chi connectivity index (χ3n) is 2.74. The molecule has 1 aromatic rings. The van der Waals surface area contributed by atoms with Crippen LogP contribution in [0.3, 0.4) is 0 Å². The van der Waals surface area contributed by atoms with E-state index < -0.39 is 12.2 Å². The number of nitrogens with zero attached hydrogens (tertiary/aromatic N) is 1. The highest BCUT2D eigenvalue weighted by molar-refractivity contribution is 5.90. The zero-order valence-corrected chi connectivity index (χ0v) is 9.63. The predicted molar refractivity (Wildman–Crippen MR) is 62.3 cm³/mol. The molecule has 1 fully saturated rings. The monoisotopic (exact) mass is 237 g/mol. The van der Waals surface area contributed by atoms with Gasteiger partial charge in [0.25, 0.3) is 0 Å². The van der Waals surface area contributed by atoms with E-state index in [1.165, 1.54) is 4.90 Å². The van der Waals surface area contributed by atoms with Gasteiger partial charge >= 0.3 is 6.09 Å². The molecule has 1 aliphatic heterocycles. The van der Waals surface area contributed by atoms with Crippen molar-refractivity contribution in [1.29, 1.82) is 0 Å². The Kier molecular flexibility index (Phi) is 3.49. The summed E-state index contributed by atoms with van der Waals surface area (Å²) in [7, 11) is 1.56. The number of methoxy groups -OCH3 is 1. The van der Waals surface area contributed by atoms with Crippen molar-refractivity contribution in [3.63, 3.8) is 0 Å². The maximum absolute atomic E-state index is 11.8. The van der Waals surface area contributed by atoms with Crippen LogP contribution in [0.25, 0.3) is 0 Å². The standard InChI is InChI=1S/C12H15NO4/c1-16-11-5-3-2-4-10(11)13-7-6-9(8-14)17-12(13)15/h2-5,9,14H,6-8H2,1H3. The van der Waals surface area contributed by atoms with E-state index in [-0.39, 0.29) is 6.61 Å². The number of benzene rings is 1. The Morgan fingerprint density at radius 2 is 2.29 bits per heavy atom. The highest BCUT2D eigenvalue weighted by Gasteiger charge is 2.29. The summed E-state index contributed by atoms with van der Waals surface area (Å²) in [6.07, 6.45) is -0.228. The van der Waals surface area contributed by atoms with Crippen molar-refractivity contribution in [3.05, 3.63) is 24.3 Å². The first kappa shape index (κ1) is 11.7. The maximum Gasteiger partial charge on any atom is 0.414 e. The molecule has 1 aliphatic rings. The minimum atomic E-state index is -0.445. The van der Waals surface area contributed by atoms with Gasteiger partial charge in [0.2, 0.25) is 0 Å². The van der Waals surface area contributed by atoms with E-state index in [0.29, 0.717) is 24.4 Å². The van der Waals surface area contributed by atoms with Crippen LogP contribution in [0.2, 0.25) is 0 Å². The average Bonchev–Trinajstić information content (AvgIpc) is 2.38. The fourth-order valence-electron chi connectivity index (χ4n) is 1.83. The molecule has 0 bridgehead atoms. The number of aliphatic hydroxyl groups is 1.